The minimum atomic E-state index is -0.408. The number of likely N-dealkylation sites (tertiary alicyclic amines) is 1. The first-order valence-corrected chi connectivity index (χ1v) is 7.32. The average Bonchev–Trinajstić information content (AvgIpc) is 2.47. The largest absolute Gasteiger partial charge is 0.338 e. The lowest BCUT2D eigenvalue weighted by molar-refractivity contribution is -0.136. The van der Waals surface area contributed by atoms with Gasteiger partial charge in [0, 0.05) is 12.6 Å². The van der Waals surface area contributed by atoms with Crippen molar-refractivity contribution in [3.63, 3.8) is 0 Å². The number of benzene rings is 1. The highest BCUT2D eigenvalue weighted by Crippen LogP contribution is 2.20. The molecule has 1 aliphatic heterocycles. The Hall–Kier alpha value is -1.35. The highest BCUT2D eigenvalue weighted by atomic mass is 16.2. The molecular weight excluding hydrogens is 236 g/mol. The fourth-order valence-electron chi connectivity index (χ4n) is 2.88. The van der Waals surface area contributed by atoms with Crippen LogP contribution in [0.2, 0.25) is 0 Å². The molecule has 0 saturated carbocycles. The van der Waals surface area contributed by atoms with E-state index in [0.717, 1.165) is 31.4 Å². The van der Waals surface area contributed by atoms with Gasteiger partial charge in [0.05, 0.1) is 6.04 Å². The molecule has 1 aliphatic rings. The van der Waals surface area contributed by atoms with E-state index in [0.29, 0.717) is 12.5 Å². The van der Waals surface area contributed by atoms with Gasteiger partial charge in [-0.2, -0.15) is 0 Å². The van der Waals surface area contributed by atoms with Gasteiger partial charge in [0.15, 0.2) is 0 Å². The smallest absolute Gasteiger partial charge is 0.240 e. The van der Waals surface area contributed by atoms with Gasteiger partial charge in [-0.05, 0) is 37.7 Å². The van der Waals surface area contributed by atoms with Crippen molar-refractivity contribution in [1.29, 1.82) is 0 Å². The van der Waals surface area contributed by atoms with Crippen LogP contribution in [-0.2, 0) is 11.2 Å². The summed E-state index contributed by atoms with van der Waals surface area (Å²) in [6.07, 6.45) is 5.13. The van der Waals surface area contributed by atoms with Crippen LogP contribution in [0.5, 0.6) is 0 Å². The van der Waals surface area contributed by atoms with Crippen molar-refractivity contribution < 1.29 is 4.79 Å². The van der Waals surface area contributed by atoms with Gasteiger partial charge >= 0.3 is 0 Å². The molecule has 1 heterocycles. The Kier molecular flexibility index (Phi) is 4.97. The zero-order chi connectivity index (χ0) is 13.7. The van der Waals surface area contributed by atoms with E-state index in [4.69, 9.17) is 5.73 Å². The van der Waals surface area contributed by atoms with Crippen LogP contribution in [0.1, 0.15) is 38.2 Å². The second-order valence-electron chi connectivity index (χ2n) is 5.39. The normalized spacial score (nSPS) is 21.2. The molecule has 19 heavy (non-hydrogen) atoms. The van der Waals surface area contributed by atoms with Crippen molar-refractivity contribution in [3.8, 4) is 0 Å². The second kappa shape index (κ2) is 6.71. The molecule has 1 amide bonds. The summed E-state index contributed by atoms with van der Waals surface area (Å²) in [6.45, 7) is 3.03. The Morgan fingerprint density at radius 1 is 1.37 bits per heavy atom. The minimum absolute atomic E-state index is 0.121. The summed E-state index contributed by atoms with van der Waals surface area (Å²) in [4.78, 5) is 14.5. The number of hydrogen-bond donors (Lipinski definition) is 1. The van der Waals surface area contributed by atoms with E-state index in [1.165, 1.54) is 6.42 Å². The molecule has 1 saturated heterocycles. The van der Waals surface area contributed by atoms with E-state index in [9.17, 15) is 4.79 Å². The van der Waals surface area contributed by atoms with Crippen molar-refractivity contribution >= 4 is 5.91 Å². The Labute approximate surface area is 115 Å². The third-order valence-corrected chi connectivity index (χ3v) is 4.00. The molecular formula is C16H24N2O. The van der Waals surface area contributed by atoms with Crippen LogP contribution in [0.3, 0.4) is 0 Å². The molecule has 3 heteroatoms. The van der Waals surface area contributed by atoms with Crippen LogP contribution >= 0.6 is 0 Å². The fourth-order valence-corrected chi connectivity index (χ4v) is 2.88. The first-order valence-electron chi connectivity index (χ1n) is 7.32. The molecule has 0 spiro atoms. The van der Waals surface area contributed by atoms with Crippen molar-refractivity contribution in [2.24, 2.45) is 5.73 Å². The second-order valence-corrected chi connectivity index (χ2v) is 5.39. The Morgan fingerprint density at radius 3 is 2.79 bits per heavy atom. The maximum atomic E-state index is 12.5. The van der Waals surface area contributed by atoms with Gasteiger partial charge in [0.1, 0.15) is 0 Å². The molecule has 3 nitrogen and oxygen atoms in total. The predicted molar refractivity (Wildman–Crippen MR) is 77.8 cm³/mol. The molecule has 2 rings (SSSR count). The van der Waals surface area contributed by atoms with Crippen LogP contribution < -0.4 is 5.73 Å². The summed E-state index contributed by atoms with van der Waals surface area (Å²) in [5.41, 5.74) is 7.24. The number of carbonyl (C=O) groups excluding carboxylic acids is 1. The van der Waals surface area contributed by atoms with E-state index in [2.05, 4.69) is 6.92 Å². The molecule has 0 radical (unpaired) electrons. The van der Waals surface area contributed by atoms with Crippen LogP contribution in [-0.4, -0.2) is 29.4 Å². The van der Waals surface area contributed by atoms with Crippen LogP contribution in [0, 0.1) is 0 Å². The summed E-state index contributed by atoms with van der Waals surface area (Å²) in [7, 11) is 0. The molecule has 1 fully saturated rings. The molecule has 0 aromatic heterocycles. The molecule has 2 N–H and O–H groups in total. The number of rotatable bonds is 4. The standard InChI is InChI=1S/C16H24N2O/c1-2-14-10-6-7-11-18(14)16(19)15(17)12-13-8-4-3-5-9-13/h3-5,8-9,14-15H,2,6-7,10-12,17H2,1H3/t14?,15-/m1/s1. The number of piperidine rings is 1. The van der Waals surface area contributed by atoms with Gasteiger partial charge in [0.25, 0.3) is 0 Å². The molecule has 104 valence electrons. The lowest BCUT2D eigenvalue weighted by Crippen LogP contribution is -2.51. The predicted octanol–water partition coefficient (Wildman–Crippen LogP) is 2.35. The topological polar surface area (TPSA) is 46.3 Å². The lowest BCUT2D eigenvalue weighted by Gasteiger charge is -2.36. The zero-order valence-electron chi connectivity index (χ0n) is 11.7. The summed E-state index contributed by atoms with van der Waals surface area (Å²) >= 11 is 0. The van der Waals surface area contributed by atoms with Crippen LogP contribution in [0.25, 0.3) is 0 Å². The Balaban J connectivity index is 1.98. The van der Waals surface area contributed by atoms with Crippen molar-refractivity contribution in [3.05, 3.63) is 35.9 Å². The van der Waals surface area contributed by atoms with Gasteiger partial charge in [-0.1, -0.05) is 37.3 Å². The van der Waals surface area contributed by atoms with Gasteiger partial charge in [-0.3, -0.25) is 4.79 Å². The van der Waals surface area contributed by atoms with Gasteiger partial charge in [-0.25, -0.2) is 0 Å². The van der Waals surface area contributed by atoms with E-state index >= 15 is 0 Å². The summed E-state index contributed by atoms with van der Waals surface area (Å²) in [6, 6.07) is 10.00. The van der Waals surface area contributed by atoms with E-state index in [1.54, 1.807) is 0 Å². The molecule has 0 aliphatic carbocycles. The average molecular weight is 260 g/mol. The number of carbonyl (C=O) groups is 1. The summed E-state index contributed by atoms with van der Waals surface area (Å²) in [5.74, 6) is 0.121. The minimum Gasteiger partial charge on any atom is -0.338 e. The van der Waals surface area contributed by atoms with Gasteiger partial charge < -0.3 is 10.6 Å². The maximum absolute atomic E-state index is 12.5. The van der Waals surface area contributed by atoms with Gasteiger partial charge in [-0.15, -0.1) is 0 Å². The summed E-state index contributed by atoms with van der Waals surface area (Å²) in [5, 5.41) is 0. The maximum Gasteiger partial charge on any atom is 0.240 e. The Morgan fingerprint density at radius 2 is 2.11 bits per heavy atom. The third-order valence-electron chi connectivity index (χ3n) is 4.00. The van der Waals surface area contributed by atoms with Gasteiger partial charge in [0.2, 0.25) is 5.91 Å². The highest BCUT2D eigenvalue weighted by molar-refractivity contribution is 5.82. The summed E-state index contributed by atoms with van der Waals surface area (Å²) < 4.78 is 0. The highest BCUT2D eigenvalue weighted by Gasteiger charge is 2.28. The Bertz CT molecular complexity index is 404. The fraction of sp³-hybridized carbons (Fsp3) is 0.562. The van der Waals surface area contributed by atoms with E-state index in [1.807, 2.05) is 35.2 Å². The van der Waals surface area contributed by atoms with Crippen molar-refractivity contribution in [2.45, 2.75) is 51.1 Å². The number of nitrogens with zero attached hydrogens (tertiary/aromatic N) is 1. The molecule has 0 bridgehead atoms. The van der Waals surface area contributed by atoms with E-state index < -0.39 is 6.04 Å². The first-order chi connectivity index (χ1) is 9.22. The SMILES string of the molecule is CCC1CCCCN1C(=O)[C@H](N)Cc1ccccc1. The monoisotopic (exact) mass is 260 g/mol. The number of hydrogen-bond acceptors (Lipinski definition) is 2. The van der Waals surface area contributed by atoms with Crippen LogP contribution in [0.15, 0.2) is 30.3 Å². The third kappa shape index (κ3) is 3.57. The molecule has 1 unspecified atom stereocenters. The lowest BCUT2D eigenvalue weighted by atomic mass is 9.97. The molecule has 2 atom stereocenters. The zero-order valence-corrected chi connectivity index (χ0v) is 11.7. The van der Waals surface area contributed by atoms with E-state index in [-0.39, 0.29) is 5.91 Å². The van der Waals surface area contributed by atoms with Crippen LogP contribution in [0.4, 0.5) is 0 Å². The molecule has 1 aromatic rings. The van der Waals surface area contributed by atoms with Crippen molar-refractivity contribution in [2.75, 3.05) is 6.54 Å². The number of amides is 1. The molecule has 1 aromatic carbocycles. The van der Waals surface area contributed by atoms with Crippen molar-refractivity contribution in [1.82, 2.24) is 4.90 Å². The quantitative estimate of drug-likeness (QED) is 0.903. The first kappa shape index (κ1) is 14.1. The number of nitrogens with two attached hydrogens (primary N) is 1.